The average Bonchev–Trinajstić information content (AvgIpc) is 2.94. The van der Waals surface area contributed by atoms with Crippen molar-refractivity contribution in [1.29, 1.82) is 0 Å². The largest absolute Gasteiger partial charge is 0.385 e. The predicted molar refractivity (Wildman–Crippen MR) is 99.2 cm³/mol. The number of methoxy groups -OCH3 is 1. The summed E-state index contributed by atoms with van der Waals surface area (Å²) in [5.41, 5.74) is 1.13. The Kier molecular flexibility index (Phi) is 7.48. The van der Waals surface area contributed by atoms with Crippen LogP contribution in [0.3, 0.4) is 0 Å². The lowest BCUT2D eigenvalue weighted by Crippen LogP contribution is -2.48. The van der Waals surface area contributed by atoms with Crippen molar-refractivity contribution in [2.24, 2.45) is 23.7 Å². The number of unbranched alkanes of at least 4 members (excludes halogenated alkanes) is 1. The molecule has 142 valence electrons. The standard InChI is InChI=1S/C15H24O2.C5H12O.H3N/c1-9(2)13-8-14-11(4)5-6-12(14)10(3)7-15(13,16)17-14;1-3-4-5-6-2;/h9,11-13,16H,3,5-8H2,1-2,4H3;3-5H2,1-2H3;1H3/t11-,12-,13-,14-,15-;;/m0../s1. The van der Waals surface area contributed by atoms with Crippen LogP contribution in [0.15, 0.2) is 12.2 Å². The number of rotatable bonds is 4. The Labute approximate surface area is 148 Å². The first-order chi connectivity index (χ1) is 10.8. The molecule has 2 saturated heterocycles. The quantitative estimate of drug-likeness (QED) is 0.574. The Bertz CT molecular complexity index is 421. The lowest BCUT2D eigenvalue weighted by Gasteiger charge is -2.43. The van der Waals surface area contributed by atoms with Gasteiger partial charge in [-0.15, -0.1) is 0 Å². The smallest absolute Gasteiger partial charge is 0.173 e. The van der Waals surface area contributed by atoms with Crippen molar-refractivity contribution in [2.45, 2.75) is 77.6 Å². The van der Waals surface area contributed by atoms with Crippen molar-refractivity contribution >= 4 is 0 Å². The zero-order chi connectivity index (χ0) is 17.3. The van der Waals surface area contributed by atoms with Gasteiger partial charge in [-0.05, 0) is 37.5 Å². The van der Waals surface area contributed by atoms with Crippen molar-refractivity contribution in [3.8, 4) is 0 Å². The highest BCUT2D eigenvalue weighted by Gasteiger charge is 2.66. The Balaban J connectivity index is 0.000000359. The molecule has 1 saturated carbocycles. The number of fused-ring (bicyclic) bond motifs is 1. The van der Waals surface area contributed by atoms with Gasteiger partial charge in [0.2, 0.25) is 0 Å². The fraction of sp³-hybridized carbons (Fsp3) is 0.900. The molecule has 2 aliphatic heterocycles. The minimum atomic E-state index is -0.930. The lowest BCUT2D eigenvalue weighted by atomic mass is 9.77. The van der Waals surface area contributed by atoms with Gasteiger partial charge in [-0.25, -0.2) is 0 Å². The van der Waals surface area contributed by atoms with Gasteiger partial charge in [-0.3, -0.25) is 0 Å². The van der Waals surface area contributed by atoms with Crippen LogP contribution in [0.4, 0.5) is 0 Å². The molecule has 0 aromatic carbocycles. The molecule has 3 fully saturated rings. The zero-order valence-corrected chi connectivity index (χ0v) is 16.4. The van der Waals surface area contributed by atoms with Gasteiger partial charge >= 0.3 is 0 Å². The summed E-state index contributed by atoms with van der Waals surface area (Å²) >= 11 is 0. The van der Waals surface area contributed by atoms with E-state index in [0.717, 1.165) is 13.0 Å². The van der Waals surface area contributed by atoms with Crippen molar-refractivity contribution in [3.63, 3.8) is 0 Å². The molecule has 0 aromatic rings. The lowest BCUT2D eigenvalue weighted by molar-refractivity contribution is -0.269. The Morgan fingerprint density at radius 2 is 2.04 bits per heavy atom. The molecule has 3 aliphatic rings. The topological polar surface area (TPSA) is 73.7 Å². The summed E-state index contributed by atoms with van der Waals surface area (Å²) in [5.74, 6) is 0.852. The number of ether oxygens (including phenoxy) is 2. The molecule has 4 nitrogen and oxygen atoms in total. The van der Waals surface area contributed by atoms with Gasteiger partial charge in [0.05, 0.1) is 5.60 Å². The van der Waals surface area contributed by atoms with Crippen LogP contribution in [0.5, 0.6) is 0 Å². The first kappa shape index (κ1) is 21.6. The summed E-state index contributed by atoms with van der Waals surface area (Å²) in [7, 11) is 1.73. The molecular weight excluding hydrogens is 302 g/mol. The van der Waals surface area contributed by atoms with E-state index in [9.17, 15) is 5.11 Å². The summed E-state index contributed by atoms with van der Waals surface area (Å²) in [5, 5.41) is 10.8. The molecule has 1 aliphatic carbocycles. The van der Waals surface area contributed by atoms with Gasteiger partial charge in [-0.2, -0.15) is 0 Å². The first-order valence-electron chi connectivity index (χ1n) is 9.39. The van der Waals surface area contributed by atoms with Gasteiger partial charge < -0.3 is 20.7 Å². The Morgan fingerprint density at radius 1 is 1.38 bits per heavy atom. The number of hydrogen-bond acceptors (Lipinski definition) is 4. The summed E-state index contributed by atoms with van der Waals surface area (Å²) < 4.78 is 11.0. The molecule has 5 atom stereocenters. The van der Waals surface area contributed by atoms with E-state index in [2.05, 4.69) is 34.3 Å². The molecule has 4 N–H and O–H groups in total. The van der Waals surface area contributed by atoms with E-state index in [1.165, 1.54) is 31.3 Å². The summed E-state index contributed by atoms with van der Waals surface area (Å²) in [6.07, 6.45) is 6.50. The Hall–Kier alpha value is -0.420. The van der Waals surface area contributed by atoms with Crippen LogP contribution < -0.4 is 6.15 Å². The monoisotopic (exact) mass is 341 g/mol. The van der Waals surface area contributed by atoms with E-state index in [1.807, 2.05) is 0 Å². The summed E-state index contributed by atoms with van der Waals surface area (Å²) in [6, 6.07) is 0. The van der Waals surface area contributed by atoms with E-state index in [0.29, 0.717) is 24.2 Å². The second-order valence-corrected chi connectivity index (χ2v) is 8.17. The molecule has 1 spiro atoms. The summed E-state index contributed by atoms with van der Waals surface area (Å²) in [6.45, 7) is 14.0. The van der Waals surface area contributed by atoms with Crippen LogP contribution >= 0.6 is 0 Å². The van der Waals surface area contributed by atoms with E-state index in [4.69, 9.17) is 9.47 Å². The van der Waals surface area contributed by atoms with Gasteiger partial charge in [0.1, 0.15) is 0 Å². The fourth-order valence-electron chi connectivity index (χ4n) is 4.92. The maximum Gasteiger partial charge on any atom is 0.173 e. The molecule has 2 heterocycles. The van der Waals surface area contributed by atoms with E-state index in [-0.39, 0.29) is 17.7 Å². The zero-order valence-electron chi connectivity index (χ0n) is 16.4. The van der Waals surface area contributed by atoms with Crippen molar-refractivity contribution in [1.82, 2.24) is 6.15 Å². The maximum atomic E-state index is 10.8. The normalized spacial score (nSPS) is 40.0. The van der Waals surface area contributed by atoms with Crippen molar-refractivity contribution < 1.29 is 14.6 Å². The molecule has 0 unspecified atom stereocenters. The average molecular weight is 342 g/mol. The fourth-order valence-corrected chi connectivity index (χ4v) is 4.92. The SMILES string of the molecule is C=C1C[C@]2(O)O[C@@]3(C[C@H]2C(C)C)[C@@H](C)CC[C@@H]13.CCCCOC.N. The highest BCUT2D eigenvalue weighted by atomic mass is 16.6. The second-order valence-electron chi connectivity index (χ2n) is 8.17. The molecule has 0 aromatic heterocycles. The van der Waals surface area contributed by atoms with Crippen LogP contribution in [0.2, 0.25) is 0 Å². The highest BCUT2D eigenvalue weighted by Crippen LogP contribution is 2.63. The highest BCUT2D eigenvalue weighted by molar-refractivity contribution is 5.24. The van der Waals surface area contributed by atoms with Crippen LogP contribution in [-0.2, 0) is 9.47 Å². The van der Waals surface area contributed by atoms with Crippen LogP contribution in [0.25, 0.3) is 0 Å². The minimum Gasteiger partial charge on any atom is -0.385 e. The second kappa shape index (κ2) is 8.31. The molecule has 0 amide bonds. The number of aliphatic hydroxyl groups is 1. The van der Waals surface area contributed by atoms with Gasteiger partial charge in [0.15, 0.2) is 5.79 Å². The molecule has 3 rings (SSSR count). The van der Waals surface area contributed by atoms with Gasteiger partial charge in [0.25, 0.3) is 0 Å². The summed E-state index contributed by atoms with van der Waals surface area (Å²) in [4.78, 5) is 0. The van der Waals surface area contributed by atoms with E-state index >= 15 is 0 Å². The molecular formula is C20H39NO3. The molecule has 2 bridgehead atoms. The number of hydrogen-bond donors (Lipinski definition) is 2. The molecule has 4 heteroatoms. The van der Waals surface area contributed by atoms with Gasteiger partial charge in [-0.1, -0.05) is 46.3 Å². The molecule has 24 heavy (non-hydrogen) atoms. The third-order valence-electron chi connectivity index (χ3n) is 6.28. The van der Waals surface area contributed by atoms with Crippen molar-refractivity contribution in [3.05, 3.63) is 12.2 Å². The molecule has 0 radical (unpaired) electrons. The van der Waals surface area contributed by atoms with Crippen LogP contribution in [0, 0.1) is 23.7 Å². The van der Waals surface area contributed by atoms with Gasteiger partial charge in [0, 0.05) is 32.0 Å². The van der Waals surface area contributed by atoms with Crippen molar-refractivity contribution in [2.75, 3.05) is 13.7 Å². The first-order valence-corrected chi connectivity index (χ1v) is 9.39. The van der Waals surface area contributed by atoms with Crippen LogP contribution in [-0.4, -0.2) is 30.2 Å². The predicted octanol–water partition coefficient (Wildman–Crippen LogP) is 4.71. The van der Waals surface area contributed by atoms with E-state index < -0.39 is 5.79 Å². The van der Waals surface area contributed by atoms with Crippen LogP contribution in [0.1, 0.15) is 66.2 Å². The minimum absolute atomic E-state index is 0. The van der Waals surface area contributed by atoms with E-state index in [1.54, 1.807) is 7.11 Å². The maximum absolute atomic E-state index is 10.8. The third-order valence-corrected chi connectivity index (χ3v) is 6.28. The third kappa shape index (κ3) is 3.72. The Morgan fingerprint density at radius 3 is 2.54 bits per heavy atom.